The van der Waals surface area contributed by atoms with Crippen molar-refractivity contribution in [1.82, 2.24) is 24.7 Å². The molecule has 8 heteroatoms. The molecule has 3 aromatic heterocycles. The van der Waals surface area contributed by atoms with E-state index < -0.39 is 0 Å². The van der Waals surface area contributed by atoms with Crippen LogP contribution in [0.1, 0.15) is 45.5 Å². The van der Waals surface area contributed by atoms with Gasteiger partial charge in [-0.05, 0) is 32.8 Å². The second-order valence-electron chi connectivity index (χ2n) is 5.89. The van der Waals surface area contributed by atoms with Crippen molar-refractivity contribution < 1.29 is 4.79 Å². The molecule has 24 heavy (non-hydrogen) atoms. The molecule has 3 aromatic rings. The number of aryl methyl sites for hydroxylation is 2. The minimum atomic E-state index is -0.194. The van der Waals surface area contributed by atoms with E-state index in [0.717, 1.165) is 17.1 Å². The van der Waals surface area contributed by atoms with E-state index in [1.165, 1.54) is 24.2 Å². The third-order valence-electron chi connectivity index (χ3n) is 3.89. The van der Waals surface area contributed by atoms with Crippen molar-refractivity contribution in [2.24, 2.45) is 0 Å². The molecule has 1 aliphatic carbocycles. The van der Waals surface area contributed by atoms with Crippen LogP contribution < -0.4 is 5.32 Å². The highest BCUT2D eigenvalue weighted by Gasteiger charge is 2.28. The van der Waals surface area contributed by atoms with Gasteiger partial charge in [-0.1, -0.05) is 0 Å². The normalized spacial score (nSPS) is 13.9. The van der Waals surface area contributed by atoms with Crippen molar-refractivity contribution in [2.75, 3.05) is 5.32 Å². The molecule has 0 unspecified atom stereocenters. The lowest BCUT2D eigenvalue weighted by Gasteiger charge is -2.06. The van der Waals surface area contributed by atoms with E-state index >= 15 is 0 Å². The first-order valence-corrected chi connectivity index (χ1v) is 8.60. The van der Waals surface area contributed by atoms with Crippen LogP contribution in [0.2, 0.25) is 0 Å². The lowest BCUT2D eigenvalue weighted by Crippen LogP contribution is -2.13. The molecule has 0 aliphatic heterocycles. The number of carbonyl (C=O) groups is 1. The summed E-state index contributed by atoms with van der Waals surface area (Å²) in [7, 11) is 0. The van der Waals surface area contributed by atoms with E-state index in [-0.39, 0.29) is 5.91 Å². The lowest BCUT2D eigenvalue weighted by molar-refractivity contribution is 0.102. The quantitative estimate of drug-likeness (QED) is 0.789. The monoisotopic (exact) mass is 340 g/mol. The number of hydrogen-bond acceptors (Lipinski definition) is 6. The zero-order chi connectivity index (χ0) is 16.7. The van der Waals surface area contributed by atoms with Gasteiger partial charge in [-0.3, -0.25) is 4.79 Å². The van der Waals surface area contributed by atoms with Crippen LogP contribution in [0.5, 0.6) is 0 Å². The number of hydrogen-bond donors (Lipinski definition) is 1. The van der Waals surface area contributed by atoms with Crippen LogP contribution in [0, 0.1) is 13.8 Å². The molecule has 0 spiro atoms. The highest BCUT2D eigenvalue weighted by molar-refractivity contribution is 7.12. The van der Waals surface area contributed by atoms with Crippen molar-refractivity contribution in [3.63, 3.8) is 0 Å². The van der Waals surface area contributed by atoms with Gasteiger partial charge in [-0.25, -0.2) is 19.6 Å². The lowest BCUT2D eigenvalue weighted by atomic mass is 10.3. The van der Waals surface area contributed by atoms with Crippen LogP contribution in [0.25, 0.3) is 5.95 Å². The van der Waals surface area contributed by atoms with Gasteiger partial charge in [0, 0.05) is 5.92 Å². The Balaban J connectivity index is 1.55. The van der Waals surface area contributed by atoms with Gasteiger partial charge in [0.15, 0.2) is 0 Å². The Bertz CT molecular complexity index is 894. The van der Waals surface area contributed by atoms with Crippen LogP contribution in [-0.2, 0) is 0 Å². The van der Waals surface area contributed by atoms with Crippen LogP contribution in [-0.4, -0.2) is 30.6 Å². The number of carbonyl (C=O) groups excluding carboxylic acids is 1. The second kappa shape index (κ2) is 5.79. The SMILES string of the molecule is Cc1cc(C2CC2)n(-c2ncc(NC(=O)c3scnc3C)cn2)n1. The van der Waals surface area contributed by atoms with Crippen molar-refractivity contribution in [1.29, 1.82) is 0 Å². The Morgan fingerprint density at radius 1 is 1.25 bits per heavy atom. The summed E-state index contributed by atoms with van der Waals surface area (Å²) in [4.78, 5) is 25.6. The average Bonchev–Trinajstić information content (AvgIpc) is 3.21. The number of anilines is 1. The van der Waals surface area contributed by atoms with Crippen molar-refractivity contribution in [3.05, 3.63) is 45.9 Å². The molecule has 1 aliphatic rings. The molecule has 1 N–H and O–H groups in total. The Labute approximate surface area is 142 Å². The second-order valence-corrected chi connectivity index (χ2v) is 6.74. The van der Waals surface area contributed by atoms with Gasteiger partial charge in [0.05, 0.1) is 40.7 Å². The molecule has 0 radical (unpaired) electrons. The van der Waals surface area contributed by atoms with Gasteiger partial charge in [-0.2, -0.15) is 5.10 Å². The van der Waals surface area contributed by atoms with Gasteiger partial charge in [0.25, 0.3) is 11.9 Å². The summed E-state index contributed by atoms with van der Waals surface area (Å²) < 4.78 is 1.80. The number of aromatic nitrogens is 5. The molecule has 3 heterocycles. The van der Waals surface area contributed by atoms with Crippen molar-refractivity contribution in [3.8, 4) is 5.95 Å². The predicted molar refractivity (Wildman–Crippen MR) is 90.7 cm³/mol. The number of rotatable bonds is 4. The number of nitrogens with one attached hydrogen (secondary N) is 1. The fourth-order valence-electron chi connectivity index (χ4n) is 2.55. The minimum Gasteiger partial charge on any atom is -0.319 e. The molecule has 0 saturated heterocycles. The summed E-state index contributed by atoms with van der Waals surface area (Å²) in [6.45, 7) is 3.78. The highest BCUT2D eigenvalue weighted by atomic mass is 32.1. The first kappa shape index (κ1) is 14.9. The predicted octanol–water partition coefficient (Wildman–Crippen LogP) is 2.87. The molecule has 1 fully saturated rings. The zero-order valence-corrected chi connectivity index (χ0v) is 14.2. The van der Waals surface area contributed by atoms with Crippen LogP contribution in [0.3, 0.4) is 0 Å². The van der Waals surface area contributed by atoms with E-state index in [9.17, 15) is 4.79 Å². The molecule has 0 bridgehead atoms. The number of thiazole rings is 1. The molecular formula is C16H16N6OS. The summed E-state index contributed by atoms with van der Waals surface area (Å²) in [5.41, 5.74) is 5.04. The standard InChI is InChI=1S/C16H16N6OS/c1-9-5-13(11-3-4-11)22(21-9)16-17-6-12(7-18-16)20-15(23)14-10(2)19-8-24-14/h5-8,11H,3-4H2,1-2H3,(H,20,23). The fourth-order valence-corrected chi connectivity index (χ4v) is 3.25. The van der Waals surface area contributed by atoms with Crippen molar-refractivity contribution in [2.45, 2.75) is 32.6 Å². The maximum absolute atomic E-state index is 12.2. The first-order valence-electron chi connectivity index (χ1n) is 7.72. The van der Waals surface area contributed by atoms with Crippen LogP contribution in [0.4, 0.5) is 5.69 Å². The third-order valence-corrected chi connectivity index (χ3v) is 4.82. The first-order chi connectivity index (χ1) is 11.6. The molecule has 0 atom stereocenters. The molecule has 7 nitrogen and oxygen atoms in total. The summed E-state index contributed by atoms with van der Waals surface area (Å²) in [6.07, 6.45) is 5.58. The van der Waals surface area contributed by atoms with Gasteiger partial charge in [0.1, 0.15) is 4.88 Å². The number of amides is 1. The summed E-state index contributed by atoms with van der Waals surface area (Å²) in [5, 5.41) is 7.28. The number of nitrogens with zero attached hydrogens (tertiary/aromatic N) is 5. The third kappa shape index (κ3) is 2.80. The van der Waals surface area contributed by atoms with E-state index in [1.54, 1.807) is 22.6 Å². The van der Waals surface area contributed by atoms with E-state index in [1.807, 2.05) is 13.8 Å². The van der Waals surface area contributed by atoms with Crippen LogP contribution in [0.15, 0.2) is 24.0 Å². The molecule has 122 valence electrons. The molecule has 0 aromatic carbocycles. The van der Waals surface area contributed by atoms with E-state index in [4.69, 9.17) is 0 Å². The topological polar surface area (TPSA) is 85.6 Å². The summed E-state index contributed by atoms with van der Waals surface area (Å²) in [6, 6.07) is 2.09. The van der Waals surface area contributed by atoms with Gasteiger partial charge >= 0.3 is 0 Å². The Morgan fingerprint density at radius 3 is 2.62 bits per heavy atom. The Hall–Kier alpha value is -2.61. The molecule has 1 amide bonds. The van der Waals surface area contributed by atoms with E-state index in [0.29, 0.717) is 22.4 Å². The van der Waals surface area contributed by atoms with Crippen LogP contribution >= 0.6 is 11.3 Å². The largest absolute Gasteiger partial charge is 0.319 e. The average molecular weight is 340 g/mol. The van der Waals surface area contributed by atoms with Gasteiger partial charge in [-0.15, -0.1) is 11.3 Å². The maximum Gasteiger partial charge on any atom is 0.267 e. The highest BCUT2D eigenvalue weighted by Crippen LogP contribution is 2.40. The molecule has 4 rings (SSSR count). The maximum atomic E-state index is 12.2. The molecule has 1 saturated carbocycles. The van der Waals surface area contributed by atoms with Gasteiger partial charge in [0.2, 0.25) is 0 Å². The summed E-state index contributed by atoms with van der Waals surface area (Å²) >= 11 is 1.31. The fraction of sp³-hybridized carbons (Fsp3) is 0.312. The van der Waals surface area contributed by atoms with Gasteiger partial charge < -0.3 is 5.32 Å². The zero-order valence-electron chi connectivity index (χ0n) is 13.4. The van der Waals surface area contributed by atoms with Crippen molar-refractivity contribution >= 4 is 22.9 Å². The summed E-state index contributed by atoms with van der Waals surface area (Å²) in [5.74, 6) is 0.889. The Morgan fingerprint density at radius 2 is 2.00 bits per heavy atom. The molecular weight excluding hydrogens is 324 g/mol. The minimum absolute atomic E-state index is 0.194. The Kier molecular flexibility index (Phi) is 3.61. The van der Waals surface area contributed by atoms with E-state index in [2.05, 4.69) is 31.4 Å². The smallest absolute Gasteiger partial charge is 0.267 e.